The van der Waals surface area contributed by atoms with E-state index in [-0.39, 0.29) is 24.9 Å². The Morgan fingerprint density at radius 1 is 1.03 bits per heavy atom. The summed E-state index contributed by atoms with van der Waals surface area (Å²) in [6.45, 7) is 5.40. The first-order valence-corrected chi connectivity index (χ1v) is 12.4. The first-order chi connectivity index (χ1) is 18.4. The number of nitrogens with zero attached hydrogens (tertiary/aromatic N) is 3. The Morgan fingerprint density at radius 2 is 1.72 bits per heavy atom. The number of carbonyl (C=O) groups is 2. The van der Waals surface area contributed by atoms with Crippen molar-refractivity contribution in [3.05, 3.63) is 71.6 Å². The van der Waals surface area contributed by atoms with Crippen LogP contribution in [0.2, 0.25) is 0 Å². The number of benzene rings is 2. The van der Waals surface area contributed by atoms with Crippen LogP contribution in [-0.2, 0) is 22.3 Å². The third-order valence-corrected chi connectivity index (χ3v) is 5.93. The number of aromatic nitrogens is 2. The maximum atomic E-state index is 13.1. The standard InChI is InChI=1S/C27H29F3N4O5/c1-26(2,3)39-25(36)34-15-20(31-24(35)37-16-17-7-5-4-6-8-17)13-14-21(34)23-33-32-22(38-23)18-9-11-19(12-10-18)27(28,29)30/h4-12,20-21H,13-16H2,1-3H3,(H,31,35)/t20-,21+/m0/s1. The van der Waals surface area contributed by atoms with Crippen LogP contribution in [-0.4, -0.2) is 45.5 Å². The van der Waals surface area contributed by atoms with Crippen molar-refractivity contribution in [3.8, 4) is 11.5 Å². The Labute approximate surface area is 223 Å². The molecule has 3 aromatic rings. The number of amides is 2. The molecule has 1 fully saturated rings. The Bertz CT molecular complexity index is 1270. The molecule has 9 nitrogen and oxygen atoms in total. The van der Waals surface area contributed by atoms with E-state index in [1.807, 2.05) is 30.3 Å². The smallest absolute Gasteiger partial charge is 0.416 e. The number of carbonyl (C=O) groups excluding carboxylic acids is 2. The van der Waals surface area contributed by atoms with Crippen molar-refractivity contribution < 1.29 is 36.7 Å². The molecule has 208 valence electrons. The van der Waals surface area contributed by atoms with E-state index in [1.54, 1.807) is 20.8 Å². The fourth-order valence-corrected chi connectivity index (χ4v) is 4.09. The number of ether oxygens (including phenoxy) is 2. The van der Waals surface area contributed by atoms with Crippen LogP contribution in [0.4, 0.5) is 22.8 Å². The van der Waals surface area contributed by atoms with Crippen molar-refractivity contribution in [2.45, 2.75) is 64.1 Å². The highest BCUT2D eigenvalue weighted by Crippen LogP contribution is 2.34. The van der Waals surface area contributed by atoms with Gasteiger partial charge in [0.25, 0.3) is 0 Å². The number of rotatable bonds is 5. The maximum Gasteiger partial charge on any atom is 0.416 e. The van der Waals surface area contributed by atoms with Gasteiger partial charge in [-0.25, -0.2) is 9.59 Å². The lowest BCUT2D eigenvalue weighted by atomic mass is 9.98. The van der Waals surface area contributed by atoms with E-state index in [1.165, 1.54) is 17.0 Å². The molecule has 0 radical (unpaired) electrons. The minimum atomic E-state index is -4.47. The van der Waals surface area contributed by atoms with Gasteiger partial charge in [-0.3, -0.25) is 4.90 Å². The molecule has 2 amide bonds. The largest absolute Gasteiger partial charge is 0.445 e. The van der Waals surface area contributed by atoms with Gasteiger partial charge in [0, 0.05) is 12.1 Å². The van der Waals surface area contributed by atoms with E-state index in [2.05, 4.69) is 15.5 Å². The molecule has 2 heterocycles. The summed E-state index contributed by atoms with van der Waals surface area (Å²) >= 11 is 0. The number of hydrogen-bond donors (Lipinski definition) is 1. The lowest BCUT2D eigenvalue weighted by Gasteiger charge is -2.38. The van der Waals surface area contributed by atoms with Gasteiger partial charge in [0.1, 0.15) is 18.2 Å². The zero-order valence-electron chi connectivity index (χ0n) is 21.7. The van der Waals surface area contributed by atoms with Gasteiger partial charge in [0.15, 0.2) is 0 Å². The number of nitrogens with one attached hydrogen (secondary N) is 1. The van der Waals surface area contributed by atoms with Gasteiger partial charge in [-0.2, -0.15) is 13.2 Å². The molecule has 12 heteroatoms. The molecule has 0 unspecified atom stereocenters. The molecule has 1 aliphatic rings. The normalized spacial score (nSPS) is 17.9. The minimum Gasteiger partial charge on any atom is -0.445 e. The zero-order valence-corrected chi connectivity index (χ0v) is 21.7. The molecule has 1 N–H and O–H groups in total. The molecule has 2 atom stereocenters. The highest BCUT2D eigenvalue weighted by molar-refractivity contribution is 5.70. The molecule has 0 aliphatic carbocycles. The van der Waals surface area contributed by atoms with Crippen molar-refractivity contribution in [2.24, 2.45) is 0 Å². The number of piperidine rings is 1. The molecule has 0 saturated carbocycles. The number of alkyl carbamates (subject to hydrolysis) is 1. The molecule has 1 aromatic heterocycles. The Hall–Kier alpha value is -4.09. The van der Waals surface area contributed by atoms with E-state index in [0.29, 0.717) is 18.4 Å². The molecule has 1 saturated heterocycles. The summed E-state index contributed by atoms with van der Waals surface area (Å²) in [5, 5.41) is 10.8. The lowest BCUT2D eigenvalue weighted by molar-refractivity contribution is -0.137. The third kappa shape index (κ3) is 7.49. The second-order valence-corrected chi connectivity index (χ2v) is 10.1. The average molecular weight is 547 g/mol. The van der Waals surface area contributed by atoms with Crippen LogP contribution in [0.25, 0.3) is 11.5 Å². The molecule has 2 aromatic carbocycles. The van der Waals surface area contributed by atoms with Crippen molar-refractivity contribution in [1.29, 1.82) is 0 Å². The topological polar surface area (TPSA) is 107 Å². The summed E-state index contributed by atoms with van der Waals surface area (Å²) in [6, 6.07) is 12.5. The number of halogens is 3. The SMILES string of the molecule is CC(C)(C)OC(=O)N1C[C@@H](NC(=O)OCc2ccccc2)CC[C@@H]1c1nnc(-c2ccc(C(F)(F)F)cc2)o1. The highest BCUT2D eigenvalue weighted by Gasteiger charge is 2.39. The van der Waals surface area contributed by atoms with E-state index in [0.717, 1.165) is 17.7 Å². The van der Waals surface area contributed by atoms with Crippen LogP contribution in [0.15, 0.2) is 59.0 Å². The van der Waals surface area contributed by atoms with Gasteiger partial charge in [-0.05, 0) is 63.4 Å². The van der Waals surface area contributed by atoms with Crippen LogP contribution in [0.3, 0.4) is 0 Å². The molecule has 0 spiro atoms. The second kappa shape index (κ2) is 11.3. The Morgan fingerprint density at radius 3 is 2.36 bits per heavy atom. The molecule has 39 heavy (non-hydrogen) atoms. The Kier molecular flexibility index (Phi) is 8.12. The molecular weight excluding hydrogens is 517 g/mol. The summed E-state index contributed by atoms with van der Waals surface area (Å²) in [5.74, 6) is 0.133. The van der Waals surface area contributed by atoms with Crippen molar-refractivity contribution >= 4 is 12.2 Å². The van der Waals surface area contributed by atoms with Crippen molar-refractivity contribution in [2.75, 3.05) is 6.54 Å². The summed E-state index contributed by atoms with van der Waals surface area (Å²) in [7, 11) is 0. The van der Waals surface area contributed by atoms with E-state index in [9.17, 15) is 22.8 Å². The molecular formula is C27H29F3N4O5. The first-order valence-electron chi connectivity index (χ1n) is 12.4. The maximum absolute atomic E-state index is 13.1. The van der Waals surface area contributed by atoms with Gasteiger partial charge in [-0.1, -0.05) is 30.3 Å². The summed E-state index contributed by atoms with van der Waals surface area (Å²) < 4.78 is 55.4. The fourth-order valence-electron chi connectivity index (χ4n) is 4.09. The monoisotopic (exact) mass is 546 g/mol. The summed E-state index contributed by atoms with van der Waals surface area (Å²) in [4.78, 5) is 26.9. The van der Waals surface area contributed by atoms with Gasteiger partial charge >= 0.3 is 18.4 Å². The van der Waals surface area contributed by atoms with Crippen molar-refractivity contribution in [1.82, 2.24) is 20.4 Å². The number of hydrogen-bond acceptors (Lipinski definition) is 7. The van der Waals surface area contributed by atoms with Crippen LogP contribution < -0.4 is 5.32 Å². The summed E-state index contributed by atoms with van der Waals surface area (Å²) in [5.41, 5.74) is -0.430. The first kappa shape index (κ1) is 27.9. The fraction of sp³-hybridized carbons (Fsp3) is 0.407. The van der Waals surface area contributed by atoms with E-state index < -0.39 is 41.6 Å². The Balaban J connectivity index is 1.46. The quantitative estimate of drug-likeness (QED) is 0.411. The predicted molar refractivity (Wildman–Crippen MR) is 133 cm³/mol. The third-order valence-electron chi connectivity index (χ3n) is 5.93. The predicted octanol–water partition coefficient (Wildman–Crippen LogP) is 6.12. The molecule has 4 rings (SSSR count). The van der Waals surface area contributed by atoms with E-state index >= 15 is 0 Å². The second-order valence-electron chi connectivity index (χ2n) is 10.1. The van der Waals surface area contributed by atoms with Gasteiger partial charge in [0.2, 0.25) is 11.8 Å². The lowest BCUT2D eigenvalue weighted by Crippen LogP contribution is -2.52. The number of alkyl halides is 3. The highest BCUT2D eigenvalue weighted by atomic mass is 19.4. The molecule has 0 bridgehead atoms. The van der Waals surface area contributed by atoms with E-state index in [4.69, 9.17) is 13.9 Å². The number of likely N-dealkylation sites (tertiary alicyclic amines) is 1. The van der Waals surface area contributed by atoms with Gasteiger partial charge < -0.3 is 19.2 Å². The van der Waals surface area contributed by atoms with Gasteiger partial charge in [-0.15, -0.1) is 10.2 Å². The zero-order chi connectivity index (χ0) is 28.2. The van der Waals surface area contributed by atoms with Crippen molar-refractivity contribution in [3.63, 3.8) is 0 Å². The summed E-state index contributed by atoms with van der Waals surface area (Å²) in [6.07, 6.45) is -4.88. The van der Waals surface area contributed by atoms with Crippen LogP contribution in [0.1, 0.15) is 56.7 Å². The molecule has 1 aliphatic heterocycles. The van der Waals surface area contributed by atoms with Gasteiger partial charge in [0.05, 0.1) is 11.6 Å². The van der Waals surface area contributed by atoms with Crippen LogP contribution in [0.5, 0.6) is 0 Å². The van der Waals surface area contributed by atoms with Crippen LogP contribution >= 0.6 is 0 Å². The van der Waals surface area contributed by atoms with Crippen LogP contribution in [0, 0.1) is 0 Å². The average Bonchev–Trinajstić information content (AvgIpc) is 3.37. The minimum absolute atomic E-state index is 0.0209.